The molecule has 0 atom stereocenters. The molecule has 0 unspecified atom stereocenters. The lowest BCUT2D eigenvalue weighted by Crippen LogP contribution is -2.36. The first-order chi connectivity index (χ1) is 15.2. The minimum absolute atomic E-state index is 0.0251. The Morgan fingerprint density at radius 3 is 2.59 bits per heavy atom. The number of ether oxygens (including phenoxy) is 1. The van der Waals surface area contributed by atoms with Crippen LogP contribution in [0.5, 0.6) is 5.75 Å². The number of benzene rings is 2. The minimum atomic E-state index is -3.71. The molecule has 11 heteroatoms. The van der Waals surface area contributed by atoms with Gasteiger partial charge < -0.3 is 10.1 Å². The van der Waals surface area contributed by atoms with Crippen molar-refractivity contribution in [2.45, 2.75) is 50.0 Å². The van der Waals surface area contributed by atoms with Crippen LogP contribution in [0.2, 0.25) is 5.02 Å². The third-order valence-corrected chi connectivity index (χ3v) is 7.09. The van der Waals surface area contributed by atoms with Gasteiger partial charge >= 0.3 is 0 Å². The van der Waals surface area contributed by atoms with E-state index in [9.17, 15) is 23.3 Å². The summed E-state index contributed by atoms with van der Waals surface area (Å²) >= 11 is 6.18. The molecule has 9 nitrogen and oxygen atoms in total. The van der Waals surface area contributed by atoms with Crippen molar-refractivity contribution in [3.05, 3.63) is 57.1 Å². The maximum Gasteiger partial charge on any atom is 0.274 e. The van der Waals surface area contributed by atoms with Gasteiger partial charge in [-0.05, 0) is 44.0 Å². The standard InChI is InChI=1S/C21H24ClN3O6S/c1-14-18(8-5-9-19(14)25(27)28)23-21(26)13-31-20-11-10-16(12-17(20)22)32(29,30)24-15-6-3-2-4-7-15/h5,8-12,15,24H,2-4,6-7,13H2,1H3,(H,23,26). The van der Waals surface area contributed by atoms with Crippen molar-refractivity contribution < 1.29 is 22.9 Å². The zero-order valence-electron chi connectivity index (χ0n) is 17.5. The fourth-order valence-corrected chi connectivity index (χ4v) is 5.19. The summed E-state index contributed by atoms with van der Waals surface area (Å²) in [6.07, 6.45) is 4.74. The first kappa shape index (κ1) is 24.0. The van der Waals surface area contributed by atoms with Gasteiger partial charge in [0, 0.05) is 12.1 Å². The third-order valence-electron chi connectivity index (χ3n) is 5.28. The number of hydrogen-bond acceptors (Lipinski definition) is 6. The molecule has 1 aliphatic rings. The molecule has 0 heterocycles. The van der Waals surface area contributed by atoms with Crippen LogP contribution in [0.15, 0.2) is 41.3 Å². The number of halogens is 1. The highest BCUT2D eigenvalue weighted by Crippen LogP contribution is 2.29. The van der Waals surface area contributed by atoms with Crippen molar-refractivity contribution in [1.29, 1.82) is 0 Å². The number of anilines is 1. The Kier molecular flexibility index (Phi) is 7.70. The summed E-state index contributed by atoms with van der Waals surface area (Å²) in [5.41, 5.74) is 0.517. The number of amides is 1. The molecular weight excluding hydrogens is 458 g/mol. The monoisotopic (exact) mass is 481 g/mol. The predicted octanol–water partition coefficient (Wildman–Crippen LogP) is 4.19. The number of nitrogens with zero attached hydrogens (tertiary/aromatic N) is 1. The molecule has 2 aromatic carbocycles. The van der Waals surface area contributed by atoms with Gasteiger partial charge in [0.15, 0.2) is 6.61 Å². The van der Waals surface area contributed by atoms with Gasteiger partial charge in [-0.3, -0.25) is 14.9 Å². The number of nitrogens with one attached hydrogen (secondary N) is 2. The quantitative estimate of drug-likeness (QED) is 0.430. The van der Waals surface area contributed by atoms with E-state index in [2.05, 4.69) is 10.0 Å². The van der Waals surface area contributed by atoms with Gasteiger partial charge in [-0.15, -0.1) is 0 Å². The van der Waals surface area contributed by atoms with E-state index in [1.54, 1.807) is 6.07 Å². The smallest absolute Gasteiger partial charge is 0.274 e. The SMILES string of the molecule is Cc1c(NC(=O)COc2ccc(S(=O)(=O)NC3CCCCC3)cc2Cl)cccc1[N+](=O)[O-]. The molecule has 0 radical (unpaired) electrons. The van der Waals surface area contributed by atoms with E-state index in [1.165, 1.54) is 37.3 Å². The summed E-state index contributed by atoms with van der Waals surface area (Å²) in [5, 5.41) is 13.6. The highest BCUT2D eigenvalue weighted by atomic mass is 35.5. The lowest BCUT2D eigenvalue weighted by Gasteiger charge is -2.22. The van der Waals surface area contributed by atoms with Gasteiger partial charge in [-0.2, -0.15) is 0 Å². The molecule has 172 valence electrons. The van der Waals surface area contributed by atoms with Crippen molar-refractivity contribution in [3.8, 4) is 5.75 Å². The fourth-order valence-electron chi connectivity index (χ4n) is 3.56. The van der Waals surface area contributed by atoms with E-state index in [0.717, 1.165) is 32.1 Å². The highest BCUT2D eigenvalue weighted by Gasteiger charge is 2.23. The lowest BCUT2D eigenvalue weighted by molar-refractivity contribution is -0.385. The Hall–Kier alpha value is -2.69. The number of carbonyl (C=O) groups is 1. The molecule has 0 saturated heterocycles. The van der Waals surface area contributed by atoms with E-state index in [-0.39, 0.29) is 27.4 Å². The van der Waals surface area contributed by atoms with Gasteiger partial charge in [-0.1, -0.05) is 36.9 Å². The predicted molar refractivity (Wildman–Crippen MR) is 121 cm³/mol. The molecule has 0 aromatic heterocycles. The molecule has 1 fully saturated rings. The normalized spacial score (nSPS) is 14.7. The Morgan fingerprint density at radius 1 is 1.22 bits per heavy atom. The molecule has 0 aliphatic heterocycles. The lowest BCUT2D eigenvalue weighted by atomic mass is 9.96. The Morgan fingerprint density at radius 2 is 1.94 bits per heavy atom. The summed E-state index contributed by atoms with van der Waals surface area (Å²) in [7, 11) is -3.71. The zero-order chi connectivity index (χ0) is 23.3. The zero-order valence-corrected chi connectivity index (χ0v) is 19.0. The van der Waals surface area contributed by atoms with E-state index < -0.39 is 27.5 Å². The van der Waals surface area contributed by atoms with Gasteiger partial charge in [0.2, 0.25) is 10.0 Å². The van der Waals surface area contributed by atoms with Crippen LogP contribution in [0.1, 0.15) is 37.7 Å². The van der Waals surface area contributed by atoms with Crippen LogP contribution in [0.25, 0.3) is 0 Å². The number of hydrogen-bond donors (Lipinski definition) is 2. The van der Waals surface area contributed by atoms with E-state index in [1.807, 2.05) is 0 Å². The number of nitro benzene ring substituents is 1. The molecule has 0 spiro atoms. The topological polar surface area (TPSA) is 128 Å². The van der Waals surface area contributed by atoms with Crippen LogP contribution in [-0.4, -0.2) is 31.9 Å². The summed E-state index contributed by atoms with van der Waals surface area (Å²) in [4.78, 5) is 22.7. The summed E-state index contributed by atoms with van der Waals surface area (Å²) in [6.45, 7) is 1.13. The molecule has 2 N–H and O–H groups in total. The number of rotatable bonds is 8. The van der Waals surface area contributed by atoms with E-state index in [4.69, 9.17) is 16.3 Å². The molecule has 1 aliphatic carbocycles. The van der Waals surface area contributed by atoms with Crippen molar-refractivity contribution in [2.75, 3.05) is 11.9 Å². The van der Waals surface area contributed by atoms with Crippen molar-refractivity contribution in [2.24, 2.45) is 0 Å². The molecule has 1 saturated carbocycles. The minimum Gasteiger partial charge on any atom is -0.482 e. The maximum absolute atomic E-state index is 12.6. The number of sulfonamides is 1. The Balaban J connectivity index is 1.62. The van der Waals surface area contributed by atoms with Gasteiger partial charge in [0.05, 0.1) is 26.1 Å². The van der Waals surface area contributed by atoms with Crippen LogP contribution >= 0.6 is 11.6 Å². The second-order valence-electron chi connectivity index (χ2n) is 7.59. The molecular formula is C21H24ClN3O6S. The van der Waals surface area contributed by atoms with Crippen LogP contribution in [0, 0.1) is 17.0 Å². The first-order valence-corrected chi connectivity index (χ1v) is 12.0. The van der Waals surface area contributed by atoms with E-state index in [0.29, 0.717) is 11.3 Å². The Bertz CT molecular complexity index is 1120. The molecule has 32 heavy (non-hydrogen) atoms. The van der Waals surface area contributed by atoms with Gasteiger partial charge in [-0.25, -0.2) is 13.1 Å². The second kappa shape index (κ2) is 10.3. The third kappa shape index (κ3) is 5.96. The maximum atomic E-state index is 12.6. The molecule has 0 bridgehead atoms. The summed E-state index contributed by atoms with van der Waals surface area (Å²) in [5.74, 6) is -0.394. The number of nitro groups is 1. The summed E-state index contributed by atoms with van der Waals surface area (Å²) in [6, 6.07) is 8.33. The van der Waals surface area contributed by atoms with Gasteiger partial charge in [0.1, 0.15) is 5.75 Å². The van der Waals surface area contributed by atoms with Gasteiger partial charge in [0.25, 0.3) is 11.6 Å². The first-order valence-electron chi connectivity index (χ1n) is 10.2. The number of carbonyl (C=O) groups excluding carboxylic acids is 1. The average Bonchev–Trinajstić information content (AvgIpc) is 2.74. The highest BCUT2D eigenvalue weighted by molar-refractivity contribution is 7.89. The largest absolute Gasteiger partial charge is 0.482 e. The Labute approximate surface area is 191 Å². The summed E-state index contributed by atoms with van der Waals surface area (Å²) < 4.78 is 33.4. The second-order valence-corrected chi connectivity index (χ2v) is 9.71. The van der Waals surface area contributed by atoms with Crippen molar-refractivity contribution >= 4 is 38.9 Å². The van der Waals surface area contributed by atoms with Crippen LogP contribution in [-0.2, 0) is 14.8 Å². The molecule has 3 rings (SSSR count). The van der Waals surface area contributed by atoms with Crippen molar-refractivity contribution in [3.63, 3.8) is 0 Å². The van der Waals surface area contributed by atoms with Crippen molar-refractivity contribution in [1.82, 2.24) is 4.72 Å². The fraction of sp³-hybridized carbons (Fsp3) is 0.381. The van der Waals surface area contributed by atoms with E-state index >= 15 is 0 Å². The molecule has 2 aromatic rings. The van der Waals surface area contributed by atoms with Crippen LogP contribution in [0.3, 0.4) is 0 Å². The van der Waals surface area contributed by atoms with Crippen LogP contribution in [0.4, 0.5) is 11.4 Å². The average molecular weight is 482 g/mol. The molecule has 1 amide bonds. The van der Waals surface area contributed by atoms with Crippen LogP contribution < -0.4 is 14.8 Å².